The normalized spacial score (nSPS) is 33.9. The molecule has 1 aromatic carbocycles. The van der Waals surface area contributed by atoms with E-state index < -0.39 is 0 Å². The number of carbonyl (C=O) groups is 1. The third-order valence-electron chi connectivity index (χ3n) is 6.76. The Bertz CT molecular complexity index is 742. The molecule has 1 amide bonds. The van der Waals surface area contributed by atoms with E-state index in [4.69, 9.17) is 0 Å². The minimum Gasteiger partial charge on any atom is -0.355 e. The summed E-state index contributed by atoms with van der Waals surface area (Å²) in [5, 5.41) is 6.91. The summed E-state index contributed by atoms with van der Waals surface area (Å²) < 4.78 is 1.35. The highest BCUT2D eigenvalue weighted by atomic mass is 32.1. The van der Waals surface area contributed by atoms with E-state index in [1.807, 2.05) is 11.3 Å². The molecule has 126 valence electrons. The minimum atomic E-state index is -0.00847. The maximum absolute atomic E-state index is 13.0. The first kappa shape index (κ1) is 14.9. The van der Waals surface area contributed by atoms with E-state index in [9.17, 15) is 4.79 Å². The molecule has 0 spiro atoms. The first-order valence-corrected chi connectivity index (χ1v) is 10.3. The van der Waals surface area contributed by atoms with Crippen molar-refractivity contribution in [2.45, 2.75) is 44.9 Å². The van der Waals surface area contributed by atoms with Gasteiger partial charge in [-0.2, -0.15) is 0 Å². The van der Waals surface area contributed by atoms with Gasteiger partial charge in [-0.15, -0.1) is 11.3 Å². The highest BCUT2D eigenvalue weighted by molar-refractivity contribution is 7.17. The number of rotatable bonds is 4. The van der Waals surface area contributed by atoms with Crippen molar-refractivity contribution in [2.75, 3.05) is 6.54 Å². The van der Waals surface area contributed by atoms with Gasteiger partial charge in [-0.25, -0.2) is 0 Å². The Morgan fingerprint density at radius 2 is 1.75 bits per heavy atom. The Kier molecular flexibility index (Phi) is 3.48. The zero-order chi connectivity index (χ0) is 16.1. The smallest absolute Gasteiger partial charge is 0.226 e. The molecule has 4 aliphatic rings. The molecule has 6 rings (SSSR count). The Morgan fingerprint density at radius 1 is 1.08 bits per heavy atom. The Labute approximate surface area is 147 Å². The van der Waals surface area contributed by atoms with Gasteiger partial charge in [0.15, 0.2) is 0 Å². The zero-order valence-corrected chi connectivity index (χ0v) is 14.9. The molecule has 1 N–H and O–H groups in total. The van der Waals surface area contributed by atoms with Gasteiger partial charge in [0.2, 0.25) is 5.91 Å². The average Bonchev–Trinajstić information content (AvgIpc) is 2.97. The Morgan fingerprint density at radius 3 is 2.46 bits per heavy atom. The van der Waals surface area contributed by atoms with E-state index in [0.29, 0.717) is 5.91 Å². The summed E-state index contributed by atoms with van der Waals surface area (Å²) in [6.07, 6.45) is 8.61. The topological polar surface area (TPSA) is 29.1 Å². The van der Waals surface area contributed by atoms with Crippen LogP contribution in [-0.2, 0) is 11.2 Å². The molecule has 4 aliphatic carbocycles. The standard InChI is InChI=1S/C21H25NOS/c23-20(21-10-14-7-15(11-21)9-16(8-14)12-21)22-6-5-17-13-24-19-4-2-1-3-18(17)19/h1-4,13-16H,5-12H2,(H,22,23). The van der Waals surface area contributed by atoms with E-state index in [-0.39, 0.29) is 5.41 Å². The van der Waals surface area contributed by atoms with Gasteiger partial charge < -0.3 is 5.32 Å². The van der Waals surface area contributed by atoms with Crippen LogP contribution in [0.15, 0.2) is 29.6 Å². The molecule has 0 saturated heterocycles. The van der Waals surface area contributed by atoms with Crippen LogP contribution in [0.25, 0.3) is 10.1 Å². The van der Waals surface area contributed by atoms with Crippen LogP contribution in [0.5, 0.6) is 0 Å². The summed E-state index contributed by atoms with van der Waals surface area (Å²) in [7, 11) is 0. The lowest BCUT2D eigenvalue weighted by atomic mass is 9.49. The van der Waals surface area contributed by atoms with E-state index in [1.165, 1.54) is 34.9 Å². The molecule has 1 heterocycles. The number of benzene rings is 1. The molecule has 0 radical (unpaired) electrons. The molecular weight excluding hydrogens is 314 g/mol. The molecule has 0 aliphatic heterocycles. The van der Waals surface area contributed by atoms with Gasteiger partial charge in [-0.1, -0.05) is 18.2 Å². The third-order valence-corrected chi connectivity index (χ3v) is 7.77. The maximum Gasteiger partial charge on any atom is 0.226 e. The van der Waals surface area contributed by atoms with E-state index in [2.05, 4.69) is 35.0 Å². The number of carbonyl (C=O) groups excluding carboxylic acids is 1. The van der Waals surface area contributed by atoms with E-state index >= 15 is 0 Å². The van der Waals surface area contributed by atoms with Crippen molar-refractivity contribution in [3.8, 4) is 0 Å². The molecule has 1 aromatic heterocycles. The van der Waals surface area contributed by atoms with Crippen LogP contribution in [0.4, 0.5) is 0 Å². The van der Waals surface area contributed by atoms with Crippen LogP contribution in [0, 0.1) is 23.2 Å². The highest BCUT2D eigenvalue weighted by Gasteiger charge is 2.54. The number of hydrogen-bond donors (Lipinski definition) is 1. The maximum atomic E-state index is 13.0. The van der Waals surface area contributed by atoms with Gasteiger partial charge in [0.25, 0.3) is 0 Å². The van der Waals surface area contributed by atoms with Crippen molar-refractivity contribution in [3.05, 3.63) is 35.2 Å². The fourth-order valence-electron chi connectivity index (χ4n) is 6.11. The first-order chi connectivity index (χ1) is 11.7. The van der Waals surface area contributed by atoms with Gasteiger partial charge in [0.05, 0.1) is 0 Å². The van der Waals surface area contributed by atoms with Crippen LogP contribution in [0.1, 0.15) is 44.1 Å². The lowest BCUT2D eigenvalue weighted by Gasteiger charge is -2.55. The largest absolute Gasteiger partial charge is 0.355 e. The minimum absolute atomic E-state index is 0.00847. The third kappa shape index (κ3) is 2.40. The van der Waals surface area contributed by atoms with E-state index in [0.717, 1.165) is 50.0 Å². The molecule has 3 heteroatoms. The highest BCUT2D eigenvalue weighted by Crippen LogP contribution is 2.60. The molecule has 0 atom stereocenters. The van der Waals surface area contributed by atoms with Gasteiger partial charge in [-0.05, 0) is 85.1 Å². The fraction of sp³-hybridized carbons (Fsp3) is 0.571. The van der Waals surface area contributed by atoms with Crippen LogP contribution in [0.2, 0.25) is 0 Å². The van der Waals surface area contributed by atoms with Gasteiger partial charge in [0, 0.05) is 16.7 Å². The van der Waals surface area contributed by atoms with Crippen molar-refractivity contribution in [3.63, 3.8) is 0 Å². The summed E-state index contributed by atoms with van der Waals surface area (Å²) in [4.78, 5) is 13.0. The van der Waals surface area contributed by atoms with Crippen molar-refractivity contribution >= 4 is 27.3 Å². The summed E-state index contributed by atoms with van der Waals surface area (Å²) >= 11 is 1.81. The number of nitrogens with one attached hydrogen (secondary N) is 1. The molecule has 4 bridgehead atoms. The molecule has 2 aromatic rings. The quantitative estimate of drug-likeness (QED) is 0.853. The second kappa shape index (κ2) is 5.59. The predicted molar refractivity (Wildman–Crippen MR) is 99.1 cm³/mol. The van der Waals surface area contributed by atoms with Crippen molar-refractivity contribution in [2.24, 2.45) is 23.2 Å². The first-order valence-electron chi connectivity index (χ1n) is 9.45. The monoisotopic (exact) mass is 339 g/mol. The molecule has 4 saturated carbocycles. The van der Waals surface area contributed by atoms with Gasteiger partial charge in [0.1, 0.15) is 0 Å². The summed E-state index contributed by atoms with van der Waals surface area (Å²) in [5.41, 5.74) is 1.37. The molecule has 4 fully saturated rings. The summed E-state index contributed by atoms with van der Waals surface area (Å²) in [6, 6.07) is 8.57. The van der Waals surface area contributed by atoms with Gasteiger partial charge in [-0.3, -0.25) is 4.79 Å². The molecule has 0 unspecified atom stereocenters. The number of amides is 1. The van der Waals surface area contributed by atoms with Crippen molar-refractivity contribution < 1.29 is 4.79 Å². The SMILES string of the molecule is O=C(NCCc1csc2ccccc12)C12CC3CC(CC(C3)C1)C2. The van der Waals surface area contributed by atoms with Crippen molar-refractivity contribution in [1.82, 2.24) is 5.32 Å². The lowest BCUT2D eigenvalue weighted by Crippen LogP contribution is -2.53. The molecule has 2 nitrogen and oxygen atoms in total. The molecule has 24 heavy (non-hydrogen) atoms. The lowest BCUT2D eigenvalue weighted by molar-refractivity contribution is -0.146. The van der Waals surface area contributed by atoms with Gasteiger partial charge >= 0.3 is 0 Å². The Balaban J connectivity index is 1.25. The second-order valence-corrected chi connectivity index (χ2v) is 9.37. The van der Waals surface area contributed by atoms with Crippen LogP contribution in [-0.4, -0.2) is 12.5 Å². The average molecular weight is 340 g/mol. The van der Waals surface area contributed by atoms with Crippen LogP contribution < -0.4 is 5.32 Å². The fourth-order valence-corrected chi connectivity index (χ4v) is 7.11. The number of fused-ring (bicyclic) bond motifs is 1. The predicted octanol–water partition coefficient (Wildman–Crippen LogP) is 4.78. The van der Waals surface area contributed by atoms with Crippen LogP contribution >= 0.6 is 11.3 Å². The summed E-state index contributed by atoms with van der Waals surface area (Å²) in [6.45, 7) is 0.779. The molecular formula is C21H25NOS. The summed E-state index contributed by atoms with van der Waals surface area (Å²) in [5.74, 6) is 2.87. The van der Waals surface area contributed by atoms with E-state index in [1.54, 1.807) is 0 Å². The number of thiophene rings is 1. The Hall–Kier alpha value is -1.35. The second-order valence-electron chi connectivity index (χ2n) is 8.46. The zero-order valence-electron chi connectivity index (χ0n) is 14.1. The number of hydrogen-bond acceptors (Lipinski definition) is 2. The van der Waals surface area contributed by atoms with Crippen LogP contribution in [0.3, 0.4) is 0 Å². The van der Waals surface area contributed by atoms with Crippen molar-refractivity contribution in [1.29, 1.82) is 0 Å².